The van der Waals surface area contributed by atoms with E-state index < -0.39 is 38.6 Å². The summed E-state index contributed by atoms with van der Waals surface area (Å²) in [5.74, 6) is -0.970. The van der Waals surface area contributed by atoms with Crippen LogP contribution in [0.1, 0.15) is 5.69 Å². The van der Waals surface area contributed by atoms with Crippen molar-refractivity contribution in [2.24, 2.45) is 0 Å². The Bertz CT molecular complexity index is 1120. The van der Waals surface area contributed by atoms with Crippen LogP contribution in [-0.4, -0.2) is 54.3 Å². The molecule has 0 saturated carbocycles. The predicted octanol–water partition coefficient (Wildman–Crippen LogP) is 1.36. The SMILES string of the molecule is COc1nc(C(F)(F)F)ccc1S(=O)(=O)Nc1nc2c(OC)cnc(OC)n2n1. The van der Waals surface area contributed by atoms with Crippen molar-refractivity contribution in [2.45, 2.75) is 11.1 Å². The molecule has 0 bridgehead atoms. The average Bonchev–Trinajstić information content (AvgIpc) is 3.08. The molecule has 0 unspecified atom stereocenters. The number of nitrogens with one attached hydrogen (secondary N) is 1. The smallest absolute Gasteiger partial charge is 0.433 e. The first-order valence-electron chi connectivity index (χ1n) is 7.59. The van der Waals surface area contributed by atoms with Crippen LogP contribution in [0.3, 0.4) is 0 Å². The van der Waals surface area contributed by atoms with E-state index in [0.717, 1.165) is 17.7 Å². The molecule has 3 heterocycles. The number of sulfonamides is 1. The van der Waals surface area contributed by atoms with Gasteiger partial charge in [-0.2, -0.15) is 27.7 Å². The summed E-state index contributed by atoms with van der Waals surface area (Å²) >= 11 is 0. The van der Waals surface area contributed by atoms with Crippen LogP contribution in [-0.2, 0) is 16.2 Å². The summed E-state index contributed by atoms with van der Waals surface area (Å²) in [6, 6.07) is 1.23. The van der Waals surface area contributed by atoms with Crippen LogP contribution in [0.2, 0.25) is 0 Å². The fourth-order valence-electron chi connectivity index (χ4n) is 2.27. The van der Waals surface area contributed by atoms with Gasteiger partial charge in [-0.25, -0.2) is 18.1 Å². The second-order valence-electron chi connectivity index (χ2n) is 5.29. The molecule has 29 heavy (non-hydrogen) atoms. The zero-order chi connectivity index (χ0) is 21.4. The van der Waals surface area contributed by atoms with Crippen molar-refractivity contribution in [1.29, 1.82) is 0 Å². The zero-order valence-electron chi connectivity index (χ0n) is 15.1. The Balaban J connectivity index is 2.04. The number of fused-ring (bicyclic) bond motifs is 1. The van der Waals surface area contributed by atoms with Crippen molar-refractivity contribution in [2.75, 3.05) is 26.1 Å². The Kier molecular flexibility index (Phi) is 5.08. The Labute approximate surface area is 161 Å². The lowest BCUT2D eigenvalue weighted by Gasteiger charge is -2.11. The van der Waals surface area contributed by atoms with Crippen molar-refractivity contribution >= 4 is 21.6 Å². The van der Waals surface area contributed by atoms with Gasteiger partial charge < -0.3 is 14.2 Å². The summed E-state index contributed by atoms with van der Waals surface area (Å²) in [5, 5.41) is 3.92. The molecule has 0 aromatic carbocycles. The van der Waals surface area contributed by atoms with Gasteiger partial charge in [0.05, 0.1) is 27.5 Å². The second-order valence-corrected chi connectivity index (χ2v) is 6.94. The maximum absolute atomic E-state index is 12.8. The quantitative estimate of drug-likeness (QED) is 0.611. The molecule has 0 aliphatic carbocycles. The third-order valence-corrected chi connectivity index (χ3v) is 4.87. The molecule has 15 heteroatoms. The van der Waals surface area contributed by atoms with E-state index in [4.69, 9.17) is 14.2 Å². The van der Waals surface area contributed by atoms with Gasteiger partial charge in [0.2, 0.25) is 11.5 Å². The van der Waals surface area contributed by atoms with E-state index >= 15 is 0 Å². The highest BCUT2D eigenvalue weighted by atomic mass is 32.2. The molecule has 3 aromatic heterocycles. The molecule has 0 radical (unpaired) electrons. The number of hydrogen-bond acceptors (Lipinski definition) is 9. The van der Waals surface area contributed by atoms with Crippen molar-refractivity contribution in [3.63, 3.8) is 0 Å². The maximum atomic E-state index is 12.8. The average molecular weight is 434 g/mol. The van der Waals surface area contributed by atoms with Gasteiger partial charge in [0.25, 0.3) is 16.0 Å². The van der Waals surface area contributed by atoms with Crippen molar-refractivity contribution < 1.29 is 35.8 Å². The monoisotopic (exact) mass is 434 g/mol. The summed E-state index contributed by atoms with van der Waals surface area (Å²) in [4.78, 5) is 10.5. The van der Waals surface area contributed by atoms with E-state index in [-0.39, 0.29) is 17.4 Å². The van der Waals surface area contributed by atoms with E-state index in [9.17, 15) is 21.6 Å². The van der Waals surface area contributed by atoms with Crippen molar-refractivity contribution in [3.05, 3.63) is 24.0 Å². The van der Waals surface area contributed by atoms with Crippen LogP contribution >= 0.6 is 0 Å². The van der Waals surface area contributed by atoms with E-state index in [2.05, 4.69) is 20.1 Å². The zero-order valence-corrected chi connectivity index (χ0v) is 15.9. The van der Waals surface area contributed by atoms with E-state index in [1.807, 2.05) is 4.72 Å². The van der Waals surface area contributed by atoms with Gasteiger partial charge in [-0.05, 0) is 12.1 Å². The lowest BCUT2D eigenvalue weighted by Crippen LogP contribution is -2.17. The first-order chi connectivity index (χ1) is 13.6. The molecule has 0 atom stereocenters. The first-order valence-corrected chi connectivity index (χ1v) is 9.08. The maximum Gasteiger partial charge on any atom is 0.433 e. The van der Waals surface area contributed by atoms with Crippen LogP contribution in [0, 0.1) is 0 Å². The fraction of sp³-hybridized carbons (Fsp3) is 0.286. The number of hydrogen-bond donors (Lipinski definition) is 1. The third kappa shape index (κ3) is 3.80. The minimum Gasteiger partial charge on any atom is -0.491 e. The molecule has 0 aliphatic heterocycles. The molecule has 0 aliphatic rings. The molecular formula is C14H13F3N6O5S. The summed E-state index contributed by atoms with van der Waals surface area (Å²) < 4.78 is 81.7. The Morgan fingerprint density at radius 1 is 1.07 bits per heavy atom. The molecule has 3 aromatic rings. The van der Waals surface area contributed by atoms with Gasteiger partial charge in [-0.1, -0.05) is 0 Å². The predicted molar refractivity (Wildman–Crippen MR) is 90.5 cm³/mol. The number of rotatable bonds is 6. The number of anilines is 1. The minimum atomic E-state index is -4.77. The van der Waals surface area contributed by atoms with Gasteiger partial charge in [-0.3, -0.25) is 0 Å². The standard InChI is InChI=1S/C14H13F3N6O5S/c1-26-7-6-18-13(28-3)23-10(7)20-12(21-23)22-29(24,25)8-4-5-9(14(15,16)17)19-11(8)27-2/h4-6H,1-3H3,(H,21,22). The van der Waals surface area contributed by atoms with Gasteiger partial charge in [0, 0.05) is 0 Å². The van der Waals surface area contributed by atoms with Gasteiger partial charge in [0.15, 0.2) is 5.75 Å². The molecule has 1 N–H and O–H groups in total. The molecule has 11 nitrogen and oxygen atoms in total. The molecule has 0 saturated heterocycles. The van der Waals surface area contributed by atoms with Crippen molar-refractivity contribution in [1.82, 2.24) is 24.6 Å². The first kappa shape index (κ1) is 20.4. The summed E-state index contributed by atoms with van der Waals surface area (Å²) in [6.07, 6.45) is -3.48. The lowest BCUT2D eigenvalue weighted by molar-refractivity contribution is -0.141. The van der Waals surface area contributed by atoms with Crippen LogP contribution in [0.25, 0.3) is 5.65 Å². The van der Waals surface area contributed by atoms with Crippen LogP contribution in [0.4, 0.5) is 19.1 Å². The van der Waals surface area contributed by atoms with Gasteiger partial charge in [0.1, 0.15) is 10.6 Å². The number of pyridine rings is 1. The molecule has 0 amide bonds. The number of nitrogens with zero attached hydrogens (tertiary/aromatic N) is 5. The molecule has 0 spiro atoms. The molecule has 3 rings (SSSR count). The van der Waals surface area contributed by atoms with E-state index in [1.54, 1.807) is 0 Å². The molecular weight excluding hydrogens is 421 g/mol. The van der Waals surface area contributed by atoms with Gasteiger partial charge >= 0.3 is 12.2 Å². The Morgan fingerprint density at radius 2 is 1.79 bits per heavy atom. The minimum absolute atomic E-state index is 0.00692. The topological polar surface area (TPSA) is 130 Å². The number of halogens is 3. The van der Waals surface area contributed by atoms with Crippen LogP contribution in [0.15, 0.2) is 23.2 Å². The number of methoxy groups -OCH3 is 3. The highest BCUT2D eigenvalue weighted by Crippen LogP contribution is 2.32. The summed E-state index contributed by atoms with van der Waals surface area (Å²) in [7, 11) is -0.792. The lowest BCUT2D eigenvalue weighted by atomic mass is 10.3. The Morgan fingerprint density at radius 3 is 2.38 bits per heavy atom. The molecule has 156 valence electrons. The largest absolute Gasteiger partial charge is 0.491 e. The van der Waals surface area contributed by atoms with Crippen LogP contribution < -0.4 is 18.9 Å². The number of aromatic nitrogens is 5. The highest BCUT2D eigenvalue weighted by molar-refractivity contribution is 7.92. The normalized spacial score (nSPS) is 12.1. The summed E-state index contributed by atoms with van der Waals surface area (Å²) in [5.41, 5.74) is -1.21. The highest BCUT2D eigenvalue weighted by Gasteiger charge is 2.35. The molecule has 0 fully saturated rings. The Hall–Kier alpha value is -3.36. The van der Waals surface area contributed by atoms with Gasteiger partial charge in [-0.15, -0.1) is 5.10 Å². The van der Waals surface area contributed by atoms with E-state index in [1.165, 1.54) is 20.4 Å². The number of alkyl halides is 3. The number of ether oxygens (including phenoxy) is 3. The summed E-state index contributed by atoms with van der Waals surface area (Å²) in [6.45, 7) is 0. The van der Waals surface area contributed by atoms with E-state index in [0.29, 0.717) is 6.07 Å². The third-order valence-electron chi connectivity index (χ3n) is 3.53. The van der Waals surface area contributed by atoms with Crippen molar-refractivity contribution in [3.8, 4) is 17.6 Å². The fourth-order valence-corrected chi connectivity index (χ4v) is 3.31. The second kappa shape index (κ2) is 7.23. The van der Waals surface area contributed by atoms with Crippen LogP contribution in [0.5, 0.6) is 17.6 Å².